The third-order valence-corrected chi connectivity index (χ3v) is 3.41. The number of rotatable bonds is 2. The summed E-state index contributed by atoms with van der Waals surface area (Å²) < 4.78 is 2.49. The molecule has 0 aliphatic carbocycles. The van der Waals surface area contributed by atoms with E-state index >= 15 is 0 Å². The lowest BCUT2D eigenvalue weighted by Gasteiger charge is -2.32. The molecule has 2 heterocycles. The number of aromatic nitrogens is 3. The van der Waals surface area contributed by atoms with E-state index in [1.807, 2.05) is 4.57 Å². The third kappa shape index (κ3) is 2.21. The largest absolute Gasteiger partial charge is 0.368 e. The van der Waals surface area contributed by atoms with E-state index in [1.165, 1.54) is 19.3 Å². The molecule has 3 N–H and O–H groups in total. The van der Waals surface area contributed by atoms with Gasteiger partial charge in [-0.2, -0.15) is 0 Å². The average Bonchev–Trinajstić information content (AvgIpc) is 2.53. The van der Waals surface area contributed by atoms with Gasteiger partial charge in [-0.1, -0.05) is 6.42 Å². The fraction of sp³-hybridized carbons (Fsp3) is 0.778. The van der Waals surface area contributed by atoms with Gasteiger partial charge in [0.25, 0.3) is 0 Å². The molecule has 0 bridgehead atoms. The molecule has 1 aromatic heterocycles. The summed E-state index contributed by atoms with van der Waals surface area (Å²) in [6, 6.07) is 0.533. The van der Waals surface area contributed by atoms with Crippen LogP contribution >= 0.6 is 12.2 Å². The van der Waals surface area contributed by atoms with E-state index in [-0.39, 0.29) is 0 Å². The summed E-state index contributed by atoms with van der Waals surface area (Å²) in [5.74, 6) is 0.485. The Bertz CT molecular complexity index is 382. The predicted octanol–water partition coefficient (Wildman–Crippen LogP) is 1.01. The Labute approximate surface area is 94.3 Å². The Kier molecular flexibility index (Phi) is 3.06. The van der Waals surface area contributed by atoms with E-state index in [4.69, 9.17) is 18.0 Å². The Morgan fingerprint density at radius 1 is 1.60 bits per heavy atom. The van der Waals surface area contributed by atoms with E-state index < -0.39 is 0 Å². The lowest BCUT2D eigenvalue weighted by atomic mass is 10.0. The van der Waals surface area contributed by atoms with Crippen LogP contribution in [0.4, 0.5) is 5.95 Å². The minimum absolute atomic E-state index is 0.485. The second-order valence-electron chi connectivity index (χ2n) is 4.13. The molecule has 0 aromatic carbocycles. The van der Waals surface area contributed by atoms with Crippen LogP contribution in [0.2, 0.25) is 0 Å². The molecule has 84 valence electrons. The monoisotopic (exact) mass is 227 g/mol. The first-order valence-corrected chi connectivity index (χ1v) is 5.70. The summed E-state index contributed by atoms with van der Waals surface area (Å²) in [6.07, 6.45) is 3.79. The van der Waals surface area contributed by atoms with Crippen LogP contribution < -0.4 is 5.73 Å². The predicted molar refractivity (Wildman–Crippen MR) is 62.1 cm³/mol. The van der Waals surface area contributed by atoms with Gasteiger partial charge in [0.1, 0.15) is 0 Å². The summed E-state index contributed by atoms with van der Waals surface area (Å²) in [5.41, 5.74) is 5.74. The van der Waals surface area contributed by atoms with Crippen LogP contribution in [0.1, 0.15) is 19.3 Å². The summed E-state index contributed by atoms with van der Waals surface area (Å²) in [4.78, 5) is 2.37. The fourth-order valence-electron chi connectivity index (χ4n) is 2.09. The number of nitrogens with one attached hydrogen (secondary N) is 1. The number of likely N-dealkylation sites (N-methyl/N-ethyl adjacent to an activating group) is 1. The maximum Gasteiger partial charge on any atom is 0.220 e. The smallest absolute Gasteiger partial charge is 0.220 e. The van der Waals surface area contributed by atoms with Crippen molar-refractivity contribution in [3.63, 3.8) is 0 Å². The molecule has 0 spiro atoms. The van der Waals surface area contributed by atoms with E-state index in [1.54, 1.807) is 0 Å². The van der Waals surface area contributed by atoms with Crippen molar-refractivity contribution in [3.8, 4) is 0 Å². The SMILES string of the molecule is CN1CCCCC1Cn1c(N)n[nH]c1=S. The summed E-state index contributed by atoms with van der Waals surface area (Å²) >= 11 is 5.13. The van der Waals surface area contributed by atoms with Gasteiger partial charge in [0.05, 0.1) is 0 Å². The maximum absolute atomic E-state index is 5.74. The zero-order chi connectivity index (χ0) is 10.8. The average molecular weight is 227 g/mol. The van der Waals surface area contributed by atoms with Gasteiger partial charge in [0.2, 0.25) is 5.95 Å². The van der Waals surface area contributed by atoms with E-state index in [0.29, 0.717) is 16.8 Å². The summed E-state index contributed by atoms with van der Waals surface area (Å²) in [5, 5.41) is 6.63. The van der Waals surface area contributed by atoms with Gasteiger partial charge >= 0.3 is 0 Å². The summed E-state index contributed by atoms with van der Waals surface area (Å²) in [7, 11) is 2.16. The van der Waals surface area contributed by atoms with Crippen LogP contribution in [0.3, 0.4) is 0 Å². The highest BCUT2D eigenvalue weighted by molar-refractivity contribution is 7.71. The molecule has 1 fully saturated rings. The van der Waals surface area contributed by atoms with Crippen LogP contribution in [-0.4, -0.2) is 39.3 Å². The highest BCUT2D eigenvalue weighted by Crippen LogP contribution is 2.17. The lowest BCUT2D eigenvalue weighted by molar-refractivity contribution is 0.167. The molecule has 2 rings (SSSR count). The third-order valence-electron chi connectivity index (χ3n) is 3.10. The molecule has 1 aliphatic heterocycles. The molecule has 1 saturated heterocycles. The van der Waals surface area contributed by atoms with Crippen LogP contribution in [0.5, 0.6) is 0 Å². The second kappa shape index (κ2) is 4.32. The van der Waals surface area contributed by atoms with Crippen molar-refractivity contribution in [1.82, 2.24) is 19.7 Å². The minimum Gasteiger partial charge on any atom is -0.368 e. The number of hydrogen-bond donors (Lipinski definition) is 2. The number of H-pyrrole nitrogens is 1. The first-order chi connectivity index (χ1) is 7.18. The Morgan fingerprint density at radius 3 is 3.00 bits per heavy atom. The van der Waals surface area contributed by atoms with Crippen LogP contribution in [-0.2, 0) is 6.54 Å². The normalized spacial score (nSPS) is 23.1. The standard InChI is InChI=1S/C9H17N5S/c1-13-5-3-2-4-7(13)6-14-8(10)11-12-9(14)15/h7H,2-6H2,1H3,(H2,10,11)(H,12,15). The van der Waals surface area contributed by atoms with E-state index in [0.717, 1.165) is 13.1 Å². The van der Waals surface area contributed by atoms with Crippen LogP contribution in [0.15, 0.2) is 0 Å². The van der Waals surface area contributed by atoms with E-state index in [2.05, 4.69) is 22.1 Å². The second-order valence-corrected chi connectivity index (χ2v) is 4.51. The van der Waals surface area contributed by atoms with Gasteiger partial charge in [0.15, 0.2) is 4.77 Å². The molecule has 0 saturated carbocycles. The van der Waals surface area contributed by atoms with Crippen molar-refractivity contribution in [2.24, 2.45) is 0 Å². The molecule has 5 nitrogen and oxygen atoms in total. The van der Waals surface area contributed by atoms with Crippen LogP contribution in [0, 0.1) is 4.77 Å². The van der Waals surface area contributed by atoms with Gasteiger partial charge in [0, 0.05) is 12.6 Å². The fourth-order valence-corrected chi connectivity index (χ4v) is 2.31. The van der Waals surface area contributed by atoms with Crippen LogP contribution in [0.25, 0.3) is 0 Å². The van der Waals surface area contributed by atoms with Crippen molar-refractivity contribution in [2.45, 2.75) is 31.8 Å². The first kappa shape index (κ1) is 10.6. The lowest BCUT2D eigenvalue weighted by Crippen LogP contribution is -2.39. The quantitative estimate of drug-likeness (QED) is 0.740. The number of anilines is 1. The highest BCUT2D eigenvalue weighted by atomic mass is 32.1. The molecular weight excluding hydrogens is 210 g/mol. The molecule has 15 heavy (non-hydrogen) atoms. The number of nitrogens with zero attached hydrogens (tertiary/aromatic N) is 3. The summed E-state index contributed by atoms with van der Waals surface area (Å²) in [6.45, 7) is 2.01. The highest BCUT2D eigenvalue weighted by Gasteiger charge is 2.20. The molecule has 1 atom stereocenters. The zero-order valence-corrected chi connectivity index (χ0v) is 9.76. The molecule has 0 radical (unpaired) electrons. The molecule has 0 amide bonds. The van der Waals surface area contributed by atoms with Crippen molar-refractivity contribution < 1.29 is 0 Å². The number of nitrogen functional groups attached to an aromatic ring is 1. The van der Waals surface area contributed by atoms with Gasteiger partial charge in [-0.15, -0.1) is 5.10 Å². The number of piperidine rings is 1. The number of nitrogens with two attached hydrogens (primary N) is 1. The van der Waals surface area contributed by atoms with Gasteiger partial charge in [-0.3, -0.25) is 4.57 Å². The van der Waals surface area contributed by atoms with Gasteiger partial charge < -0.3 is 10.6 Å². The van der Waals surface area contributed by atoms with Gasteiger partial charge in [-0.25, -0.2) is 5.10 Å². The number of aromatic amines is 1. The van der Waals surface area contributed by atoms with Gasteiger partial charge in [-0.05, 0) is 38.7 Å². The minimum atomic E-state index is 0.485. The van der Waals surface area contributed by atoms with Crippen molar-refractivity contribution in [3.05, 3.63) is 4.77 Å². The Balaban J connectivity index is 2.10. The maximum atomic E-state index is 5.74. The topological polar surface area (TPSA) is 62.9 Å². The van der Waals surface area contributed by atoms with E-state index in [9.17, 15) is 0 Å². The first-order valence-electron chi connectivity index (χ1n) is 5.29. The Morgan fingerprint density at radius 2 is 2.40 bits per heavy atom. The zero-order valence-electron chi connectivity index (χ0n) is 8.94. The van der Waals surface area contributed by atoms with Crippen molar-refractivity contribution in [1.29, 1.82) is 0 Å². The molecular formula is C9H17N5S. The van der Waals surface area contributed by atoms with Crippen molar-refractivity contribution >= 4 is 18.2 Å². The number of hydrogen-bond acceptors (Lipinski definition) is 4. The number of likely N-dealkylation sites (tertiary alicyclic amines) is 1. The molecule has 1 unspecified atom stereocenters. The Hall–Kier alpha value is -0.880. The molecule has 6 heteroatoms. The van der Waals surface area contributed by atoms with Crippen molar-refractivity contribution in [2.75, 3.05) is 19.3 Å². The molecule has 1 aliphatic rings. The molecule has 1 aromatic rings.